The van der Waals surface area contributed by atoms with Gasteiger partial charge < -0.3 is 14.8 Å². The van der Waals surface area contributed by atoms with Gasteiger partial charge in [0.1, 0.15) is 5.82 Å². The first-order valence-corrected chi connectivity index (χ1v) is 10.5. The molecule has 156 valence electrons. The topological polar surface area (TPSA) is 56.4 Å². The molecule has 6 heteroatoms. The van der Waals surface area contributed by atoms with E-state index in [1.165, 1.54) is 23.1 Å². The number of H-pyrrole nitrogens is 1. The maximum absolute atomic E-state index is 13.9. The van der Waals surface area contributed by atoms with Crippen LogP contribution >= 0.6 is 0 Å². The third kappa shape index (κ3) is 4.37. The first kappa shape index (κ1) is 20.1. The molecular formula is C24H26FN3O2. The highest BCUT2D eigenvalue weighted by atomic mass is 19.1. The Hall–Kier alpha value is -3.15. The average molecular weight is 407 g/mol. The lowest BCUT2D eigenvalue weighted by Gasteiger charge is -2.22. The van der Waals surface area contributed by atoms with Crippen molar-refractivity contribution in [1.82, 2.24) is 14.8 Å². The quantitative estimate of drug-likeness (QED) is 0.695. The van der Waals surface area contributed by atoms with Gasteiger partial charge in [-0.1, -0.05) is 30.3 Å². The highest BCUT2D eigenvalue weighted by molar-refractivity contribution is 5.94. The van der Waals surface area contributed by atoms with E-state index in [0.717, 1.165) is 18.4 Å². The molecule has 2 amide bonds. The second-order valence-electron chi connectivity index (χ2n) is 7.72. The molecule has 0 aliphatic carbocycles. The Labute approximate surface area is 175 Å². The van der Waals surface area contributed by atoms with Crippen molar-refractivity contribution in [3.8, 4) is 0 Å². The molecule has 2 heterocycles. The van der Waals surface area contributed by atoms with Crippen LogP contribution in [0.4, 0.5) is 4.39 Å². The number of nitrogens with zero attached hydrogens (tertiary/aromatic N) is 2. The zero-order valence-electron chi connectivity index (χ0n) is 16.9. The minimum Gasteiger partial charge on any atom is -0.361 e. The van der Waals surface area contributed by atoms with Gasteiger partial charge >= 0.3 is 0 Å². The molecule has 1 N–H and O–H groups in total. The number of benzene rings is 2. The first-order chi connectivity index (χ1) is 14.6. The number of halogens is 1. The summed E-state index contributed by atoms with van der Waals surface area (Å²) in [4.78, 5) is 32.1. The highest BCUT2D eigenvalue weighted by Gasteiger charge is 2.24. The monoisotopic (exact) mass is 407 g/mol. The van der Waals surface area contributed by atoms with Gasteiger partial charge in [0, 0.05) is 49.7 Å². The summed E-state index contributed by atoms with van der Waals surface area (Å²) in [6, 6.07) is 14.2. The number of aromatic amines is 1. The summed E-state index contributed by atoms with van der Waals surface area (Å²) in [6.07, 6.45) is 4.85. The van der Waals surface area contributed by atoms with Crippen LogP contribution in [0.1, 0.15) is 35.2 Å². The normalized spacial score (nSPS) is 14.7. The van der Waals surface area contributed by atoms with Crippen molar-refractivity contribution in [3.63, 3.8) is 0 Å². The molecule has 0 saturated carbocycles. The van der Waals surface area contributed by atoms with E-state index < -0.39 is 5.82 Å². The molecule has 5 nitrogen and oxygen atoms in total. The molecule has 0 bridgehead atoms. The van der Waals surface area contributed by atoms with Gasteiger partial charge in [-0.25, -0.2) is 4.39 Å². The number of hydrogen-bond donors (Lipinski definition) is 1. The number of rotatable bonds is 5. The van der Waals surface area contributed by atoms with Gasteiger partial charge in [-0.3, -0.25) is 9.59 Å². The fraction of sp³-hybridized carbons (Fsp3) is 0.333. The summed E-state index contributed by atoms with van der Waals surface area (Å²) in [5, 5.41) is 1.21. The van der Waals surface area contributed by atoms with Crippen molar-refractivity contribution < 1.29 is 14.0 Å². The number of carbonyl (C=O) groups excluding carboxylic acids is 2. The maximum atomic E-state index is 13.9. The summed E-state index contributed by atoms with van der Waals surface area (Å²) in [5.41, 5.74) is 2.44. The molecule has 2 aromatic carbocycles. The van der Waals surface area contributed by atoms with Gasteiger partial charge in [0.2, 0.25) is 5.91 Å². The summed E-state index contributed by atoms with van der Waals surface area (Å²) in [6.45, 7) is 2.09. The summed E-state index contributed by atoms with van der Waals surface area (Å²) in [5.74, 6) is -0.686. The lowest BCUT2D eigenvalue weighted by molar-refractivity contribution is -0.131. The molecule has 30 heavy (non-hydrogen) atoms. The van der Waals surface area contributed by atoms with Crippen LogP contribution in [0.2, 0.25) is 0 Å². The number of aryl methyl sites for hydroxylation is 1. The molecular weight excluding hydrogens is 381 g/mol. The Bertz CT molecular complexity index is 1050. The molecule has 3 aromatic rings. The number of amides is 2. The van der Waals surface area contributed by atoms with E-state index in [2.05, 4.69) is 17.1 Å². The molecule has 0 atom stereocenters. The summed E-state index contributed by atoms with van der Waals surface area (Å²) in [7, 11) is 0. The van der Waals surface area contributed by atoms with Gasteiger partial charge in [0.15, 0.2) is 0 Å². The number of hydrogen-bond acceptors (Lipinski definition) is 2. The van der Waals surface area contributed by atoms with Crippen molar-refractivity contribution >= 4 is 22.7 Å². The highest BCUT2D eigenvalue weighted by Crippen LogP contribution is 2.20. The van der Waals surface area contributed by atoms with Gasteiger partial charge in [-0.05, 0) is 43.0 Å². The molecule has 1 aromatic heterocycles. The zero-order chi connectivity index (χ0) is 20.9. The Morgan fingerprint density at radius 3 is 2.53 bits per heavy atom. The van der Waals surface area contributed by atoms with E-state index in [-0.39, 0.29) is 17.4 Å². The Morgan fingerprint density at radius 1 is 0.933 bits per heavy atom. The minimum atomic E-state index is -0.503. The fourth-order valence-corrected chi connectivity index (χ4v) is 4.10. The van der Waals surface area contributed by atoms with Gasteiger partial charge in [-0.15, -0.1) is 0 Å². The molecule has 0 radical (unpaired) electrons. The van der Waals surface area contributed by atoms with Crippen LogP contribution in [0.3, 0.4) is 0 Å². The van der Waals surface area contributed by atoms with Crippen LogP contribution in [-0.4, -0.2) is 52.8 Å². The van der Waals surface area contributed by atoms with Gasteiger partial charge in [0.25, 0.3) is 5.91 Å². The standard InChI is InChI=1S/C24H26FN3O2/c25-21-10-3-1-9-20(21)24(30)28-14-6-13-27(15-16-28)23(29)12-5-7-18-17-26-22-11-4-2-8-19(18)22/h1-4,8-11,17,26H,5-7,12-16H2. The Balaban J connectivity index is 1.29. The number of para-hydroxylation sites is 1. The van der Waals surface area contributed by atoms with Crippen LogP contribution in [-0.2, 0) is 11.2 Å². The lowest BCUT2D eigenvalue weighted by Crippen LogP contribution is -2.37. The Kier molecular flexibility index (Phi) is 6.12. The van der Waals surface area contributed by atoms with E-state index in [1.807, 2.05) is 23.2 Å². The lowest BCUT2D eigenvalue weighted by atomic mass is 10.1. The third-order valence-corrected chi connectivity index (χ3v) is 5.75. The molecule has 0 unspecified atom stereocenters. The maximum Gasteiger partial charge on any atom is 0.256 e. The Morgan fingerprint density at radius 2 is 1.67 bits per heavy atom. The van der Waals surface area contributed by atoms with Crippen LogP contribution in [0.15, 0.2) is 54.7 Å². The second kappa shape index (κ2) is 9.11. The smallest absolute Gasteiger partial charge is 0.256 e. The zero-order valence-corrected chi connectivity index (χ0v) is 16.9. The van der Waals surface area contributed by atoms with Gasteiger partial charge in [0.05, 0.1) is 5.56 Å². The largest absolute Gasteiger partial charge is 0.361 e. The van der Waals surface area contributed by atoms with Crippen LogP contribution < -0.4 is 0 Å². The number of nitrogens with one attached hydrogen (secondary N) is 1. The average Bonchev–Trinajstić information content (AvgIpc) is 3.01. The number of carbonyl (C=O) groups is 2. The third-order valence-electron chi connectivity index (χ3n) is 5.75. The van der Waals surface area contributed by atoms with Crippen molar-refractivity contribution in [3.05, 3.63) is 71.7 Å². The predicted molar refractivity (Wildman–Crippen MR) is 115 cm³/mol. The predicted octanol–water partition coefficient (Wildman–Crippen LogP) is 4.00. The summed E-state index contributed by atoms with van der Waals surface area (Å²) >= 11 is 0. The van der Waals surface area contributed by atoms with Crippen molar-refractivity contribution in [2.45, 2.75) is 25.7 Å². The SMILES string of the molecule is O=C(CCCc1c[nH]c2ccccc12)N1CCCN(C(=O)c2ccccc2F)CC1. The van der Waals surface area contributed by atoms with Crippen LogP contribution in [0.25, 0.3) is 10.9 Å². The van der Waals surface area contributed by atoms with Gasteiger partial charge in [-0.2, -0.15) is 0 Å². The molecule has 1 saturated heterocycles. The molecule has 0 spiro atoms. The summed E-state index contributed by atoms with van der Waals surface area (Å²) < 4.78 is 13.9. The van der Waals surface area contributed by atoms with E-state index >= 15 is 0 Å². The minimum absolute atomic E-state index is 0.0935. The molecule has 4 rings (SSSR count). The number of fused-ring (bicyclic) bond motifs is 1. The van der Waals surface area contributed by atoms with Crippen LogP contribution in [0.5, 0.6) is 0 Å². The number of aromatic nitrogens is 1. The van der Waals surface area contributed by atoms with Crippen molar-refractivity contribution in [1.29, 1.82) is 0 Å². The van der Waals surface area contributed by atoms with E-state index in [4.69, 9.17) is 0 Å². The van der Waals surface area contributed by atoms with E-state index in [0.29, 0.717) is 39.0 Å². The van der Waals surface area contributed by atoms with E-state index in [9.17, 15) is 14.0 Å². The second-order valence-corrected chi connectivity index (χ2v) is 7.72. The van der Waals surface area contributed by atoms with Crippen LogP contribution in [0, 0.1) is 5.82 Å². The molecule has 1 aliphatic heterocycles. The molecule has 1 aliphatic rings. The van der Waals surface area contributed by atoms with Crippen molar-refractivity contribution in [2.75, 3.05) is 26.2 Å². The first-order valence-electron chi connectivity index (χ1n) is 10.5. The fourth-order valence-electron chi connectivity index (χ4n) is 4.10. The molecule has 1 fully saturated rings. The van der Waals surface area contributed by atoms with E-state index in [1.54, 1.807) is 17.0 Å². The van der Waals surface area contributed by atoms with Crippen molar-refractivity contribution in [2.24, 2.45) is 0 Å².